The molecule has 9 nitrogen and oxygen atoms in total. The molecule has 0 bridgehead atoms. The number of carboxylic acids is 1. The van der Waals surface area contributed by atoms with Crippen molar-refractivity contribution in [2.45, 2.75) is 0 Å². The number of imide groups is 1. The molecule has 0 fully saturated rings. The number of hydrogen-bond acceptors (Lipinski definition) is 6. The summed E-state index contributed by atoms with van der Waals surface area (Å²) in [6, 6.07) is 15.5. The second-order valence-electron chi connectivity index (χ2n) is 6.36. The van der Waals surface area contributed by atoms with Crippen molar-refractivity contribution in [2.75, 3.05) is 4.90 Å². The van der Waals surface area contributed by atoms with Crippen molar-refractivity contribution in [1.29, 1.82) is 0 Å². The van der Waals surface area contributed by atoms with Gasteiger partial charge in [0, 0.05) is 12.1 Å². The molecule has 0 saturated heterocycles. The minimum Gasteiger partial charge on any atom is -0.478 e. The molecule has 0 spiro atoms. The molecule has 0 saturated carbocycles. The SMILES string of the molecule is O=C(O)c1ccc(Oc2ccc(N3C(=O)c4ccc([N+](=O)[O-])cc4C3=O)cc2)cc1. The topological polar surface area (TPSA) is 127 Å². The van der Waals surface area contributed by atoms with Crippen LogP contribution in [0.1, 0.15) is 31.1 Å². The molecule has 1 aliphatic heterocycles. The number of carboxylic acid groups (broad SMARTS) is 1. The Labute approximate surface area is 168 Å². The van der Waals surface area contributed by atoms with Crippen LogP contribution in [0.3, 0.4) is 0 Å². The lowest BCUT2D eigenvalue weighted by Crippen LogP contribution is -2.29. The van der Waals surface area contributed by atoms with Crippen molar-refractivity contribution in [2.24, 2.45) is 0 Å². The highest BCUT2D eigenvalue weighted by molar-refractivity contribution is 6.34. The van der Waals surface area contributed by atoms with Gasteiger partial charge < -0.3 is 9.84 Å². The third-order valence-electron chi connectivity index (χ3n) is 4.51. The van der Waals surface area contributed by atoms with Crippen molar-refractivity contribution in [3.05, 3.63) is 93.5 Å². The van der Waals surface area contributed by atoms with Crippen LogP contribution < -0.4 is 9.64 Å². The first-order valence-electron chi connectivity index (χ1n) is 8.63. The highest BCUT2D eigenvalue weighted by Gasteiger charge is 2.37. The van der Waals surface area contributed by atoms with Gasteiger partial charge in [-0.1, -0.05) is 0 Å². The van der Waals surface area contributed by atoms with Crippen molar-refractivity contribution < 1.29 is 29.2 Å². The molecule has 9 heteroatoms. The van der Waals surface area contributed by atoms with E-state index in [1.54, 1.807) is 12.1 Å². The van der Waals surface area contributed by atoms with Gasteiger partial charge in [-0.2, -0.15) is 0 Å². The molecular formula is C21H12N2O7. The summed E-state index contributed by atoms with van der Waals surface area (Å²) in [4.78, 5) is 47.4. The van der Waals surface area contributed by atoms with E-state index in [0.29, 0.717) is 11.5 Å². The molecule has 0 atom stereocenters. The van der Waals surface area contributed by atoms with Crippen LogP contribution in [0.5, 0.6) is 11.5 Å². The summed E-state index contributed by atoms with van der Waals surface area (Å²) in [5.41, 5.74) is 0.230. The van der Waals surface area contributed by atoms with E-state index in [4.69, 9.17) is 9.84 Å². The Hall–Kier alpha value is -4.53. The smallest absolute Gasteiger partial charge is 0.335 e. The normalized spacial score (nSPS) is 12.6. The largest absolute Gasteiger partial charge is 0.478 e. The van der Waals surface area contributed by atoms with E-state index in [-0.39, 0.29) is 28.1 Å². The van der Waals surface area contributed by atoms with Crippen LogP contribution >= 0.6 is 0 Å². The quantitative estimate of drug-likeness (QED) is 0.388. The molecule has 4 rings (SSSR count). The van der Waals surface area contributed by atoms with E-state index in [2.05, 4.69) is 0 Å². The third-order valence-corrected chi connectivity index (χ3v) is 4.51. The number of carbonyl (C=O) groups is 3. The highest BCUT2D eigenvalue weighted by Crippen LogP contribution is 2.32. The molecule has 0 unspecified atom stereocenters. The fourth-order valence-electron chi connectivity index (χ4n) is 3.04. The first-order valence-corrected chi connectivity index (χ1v) is 8.63. The van der Waals surface area contributed by atoms with Crippen LogP contribution in [0.25, 0.3) is 0 Å². The third kappa shape index (κ3) is 3.24. The average molecular weight is 404 g/mol. The van der Waals surface area contributed by atoms with E-state index in [1.807, 2.05) is 0 Å². The molecule has 148 valence electrons. The number of rotatable bonds is 5. The monoisotopic (exact) mass is 404 g/mol. The zero-order valence-electron chi connectivity index (χ0n) is 15.1. The summed E-state index contributed by atoms with van der Waals surface area (Å²) in [7, 11) is 0. The summed E-state index contributed by atoms with van der Waals surface area (Å²) in [6.07, 6.45) is 0. The van der Waals surface area contributed by atoms with Crippen molar-refractivity contribution in [3.8, 4) is 11.5 Å². The van der Waals surface area contributed by atoms with E-state index < -0.39 is 22.7 Å². The number of carbonyl (C=O) groups excluding carboxylic acids is 2. The molecule has 1 N–H and O–H groups in total. The highest BCUT2D eigenvalue weighted by atomic mass is 16.6. The predicted molar refractivity (Wildman–Crippen MR) is 104 cm³/mol. The van der Waals surface area contributed by atoms with Gasteiger partial charge in [0.25, 0.3) is 17.5 Å². The van der Waals surface area contributed by atoms with Gasteiger partial charge >= 0.3 is 5.97 Å². The second-order valence-corrected chi connectivity index (χ2v) is 6.36. The minimum absolute atomic E-state index is 0.0203. The molecule has 3 aromatic rings. The molecule has 0 aromatic heterocycles. The summed E-state index contributed by atoms with van der Waals surface area (Å²) in [6.45, 7) is 0. The Morgan fingerprint density at radius 3 is 2.00 bits per heavy atom. The number of fused-ring (bicyclic) bond motifs is 1. The first kappa shape index (κ1) is 18.8. The maximum atomic E-state index is 12.6. The van der Waals surface area contributed by atoms with Gasteiger partial charge in [0.05, 0.1) is 27.3 Å². The van der Waals surface area contributed by atoms with Gasteiger partial charge in [0.1, 0.15) is 11.5 Å². The number of non-ortho nitro benzene ring substituents is 1. The molecule has 2 amide bonds. The number of amides is 2. The van der Waals surface area contributed by atoms with Gasteiger partial charge in [0.15, 0.2) is 0 Å². The summed E-state index contributed by atoms with van der Waals surface area (Å²) in [5, 5.41) is 19.8. The lowest BCUT2D eigenvalue weighted by atomic mass is 10.1. The van der Waals surface area contributed by atoms with E-state index in [9.17, 15) is 24.5 Å². The molecule has 1 heterocycles. The Kier molecular flexibility index (Phi) is 4.47. The number of nitrogens with zero attached hydrogens (tertiary/aromatic N) is 2. The molecule has 0 radical (unpaired) electrons. The number of aromatic carboxylic acids is 1. The van der Waals surface area contributed by atoms with E-state index in [1.165, 1.54) is 48.5 Å². The lowest BCUT2D eigenvalue weighted by molar-refractivity contribution is -0.384. The number of benzene rings is 3. The molecular weight excluding hydrogens is 392 g/mol. The standard InChI is InChI=1S/C21H12N2O7/c24-19-17-10-5-14(23(28)29)11-18(17)20(25)22(19)13-3-8-16(9-4-13)30-15-6-1-12(2-7-15)21(26)27/h1-11H,(H,26,27). The molecule has 3 aromatic carbocycles. The van der Waals surface area contributed by atoms with Gasteiger partial charge in [-0.15, -0.1) is 0 Å². The number of nitro groups is 1. The van der Waals surface area contributed by atoms with Crippen LogP contribution in [0.4, 0.5) is 11.4 Å². The van der Waals surface area contributed by atoms with Gasteiger partial charge in [-0.05, 0) is 54.6 Å². The Morgan fingerprint density at radius 1 is 0.867 bits per heavy atom. The average Bonchev–Trinajstić information content (AvgIpc) is 2.99. The van der Waals surface area contributed by atoms with Crippen molar-refractivity contribution in [3.63, 3.8) is 0 Å². The fourth-order valence-corrected chi connectivity index (χ4v) is 3.04. The zero-order valence-corrected chi connectivity index (χ0v) is 15.1. The van der Waals surface area contributed by atoms with Crippen LogP contribution in [0, 0.1) is 10.1 Å². The van der Waals surface area contributed by atoms with Crippen molar-refractivity contribution in [1.82, 2.24) is 0 Å². The van der Waals surface area contributed by atoms with E-state index >= 15 is 0 Å². The Bertz CT molecular complexity index is 1200. The Morgan fingerprint density at radius 2 is 1.43 bits per heavy atom. The van der Waals surface area contributed by atoms with E-state index in [0.717, 1.165) is 11.0 Å². The zero-order chi connectivity index (χ0) is 21.4. The number of anilines is 1. The summed E-state index contributed by atoms with van der Waals surface area (Å²) in [5.74, 6) is -1.42. The molecule has 30 heavy (non-hydrogen) atoms. The van der Waals surface area contributed by atoms with Gasteiger partial charge in [-0.3, -0.25) is 19.7 Å². The molecule has 1 aliphatic rings. The lowest BCUT2D eigenvalue weighted by Gasteiger charge is -2.14. The fraction of sp³-hybridized carbons (Fsp3) is 0. The minimum atomic E-state index is -1.04. The van der Waals surface area contributed by atoms with Gasteiger partial charge in [0.2, 0.25) is 0 Å². The van der Waals surface area contributed by atoms with Crippen LogP contribution in [0.2, 0.25) is 0 Å². The predicted octanol–water partition coefficient (Wildman–Crippen LogP) is 3.89. The number of nitro benzene ring substituents is 1. The maximum absolute atomic E-state index is 12.6. The Balaban J connectivity index is 1.55. The second kappa shape index (κ2) is 7.13. The van der Waals surface area contributed by atoms with Crippen LogP contribution in [0.15, 0.2) is 66.7 Å². The van der Waals surface area contributed by atoms with Crippen LogP contribution in [-0.2, 0) is 0 Å². The number of hydrogen-bond donors (Lipinski definition) is 1. The number of ether oxygens (including phenoxy) is 1. The van der Waals surface area contributed by atoms with Crippen LogP contribution in [-0.4, -0.2) is 27.8 Å². The van der Waals surface area contributed by atoms with Crippen molar-refractivity contribution >= 4 is 29.2 Å². The summed E-state index contributed by atoms with van der Waals surface area (Å²) < 4.78 is 5.63. The molecule has 0 aliphatic carbocycles. The summed E-state index contributed by atoms with van der Waals surface area (Å²) >= 11 is 0. The first-order chi connectivity index (χ1) is 14.3. The van der Waals surface area contributed by atoms with Gasteiger partial charge in [-0.25, -0.2) is 9.69 Å². The maximum Gasteiger partial charge on any atom is 0.335 e.